The number of hydrogen-bond donors (Lipinski definition) is 2. The number of anilines is 1. The van der Waals surface area contributed by atoms with Crippen molar-refractivity contribution in [1.82, 2.24) is 20.3 Å². The van der Waals surface area contributed by atoms with Crippen molar-refractivity contribution in [1.29, 1.82) is 0 Å². The van der Waals surface area contributed by atoms with Gasteiger partial charge in [-0.2, -0.15) is 0 Å². The zero-order valence-corrected chi connectivity index (χ0v) is 15.0. The highest BCUT2D eigenvalue weighted by Crippen LogP contribution is 2.43. The predicted octanol–water partition coefficient (Wildman–Crippen LogP) is 3.81. The second-order valence-corrected chi connectivity index (χ2v) is 6.90. The van der Waals surface area contributed by atoms with Gasteiger partial charge in [0.2, 0.25) is 0 Å². The molecular formula is C20H19F2N5O. The van der Waals surface area contributed by atoms with Gasteiger partial charge >= 0.3 is 6.03 Å². The van der Waals surface area contributed by atoms with E-state index in [0.29, 0.717) is 19.4 Å². The Hall–Kier alpha value is -3.29. The van der Waals surface area contributed by atoms with E-state index in [9.17, 15) is 13.6 Å². The average molecular weight is 383 g/mol. The van der Waals surface area contributed by atoms with E-state index in [0.717, 1.165) is 12.0 Å². The van der Waals surface area contributed by atoms with E-state index in [2.05, 4.69) is 20.9 Å². The minimum absolute atomic E-state index is 0.0934. The molecule has 0 radical (unpaired) electrons. The van der Waals surface area contributed by atoms with Crippen molar-refractivity contribution in [3.05, 3.63) is 77.5 Å². The Morgan fingerprint density at radius 3 is 2.43 bits per heavy atom. The smallest absolute Gasteiger partial charge is 0.321 e. The fourth-order valence-corrected chi connectivity index (χ4v) is 3.49. The summed E-state index contributed by atoms with van der Waals surface area (Å²) in [5.74, 6) is -1.06. The van der Waals surface area contributed by atoms with Crippen LogP contribution in [0.1, 0.15) is 30.4 Å². The summed E-state index contributed by atoms with van der Waals surface area (Å²) in [6.45, 7) is 0.515. The summed E-state index contributed by atoms with van der Waals surface area (Å²) in [5.41, 5.74) is -0.0875. The summed E-state index contributed by atoms with van der Waals surface area (Å²) < 4.78 is 30.0. The van der Waals surface area contributed by atoms with Gasteiger partial charge < -0.3 is 5.32 Å². The molecule has 0 saturated heterocycles. The number of urea groups is 1. The van der Waals surface area contributed by atoms with Crippen LogP contribution >= 0.6 is 0 Å². The molecule has 1 fully saturated rings. The van der Waals surface area contributed by atoms with Crippen molar-refractivity contribution in [3.63, 3.8) is 0 Å². The Morgan fingerprint density at radius 1 is 1.07 bits per heavy atom. The Bertz CT molecular complexity index is 965. The molecule has 144 valence electrons. The maximum atomic E-state index is 14.2. The van der Waals surface area contributed by atoms with Crippen molar-refractivity contribution in [2.75, 3.05) is 5.32 Å². The summed E-state index contributed by atoms with van der Waals surface area (Å²) >= 11 is 0. The largest absolute Gasteiger partial charge is 0.328 e. The molecule has 8 heteroatoms. The van der Waals surface area contributed by atoms with Crippen molar-refractivity contribution >= 4 is 11.8 Å². The first-order valence-electron chi connectivity index (χ1n) is 9.03. The molecule has 2 N–H and O–H groups in total. The summed E-state index contributed by atoms with van der Waals surface area (Å²) in [7, 11) is 0. The number of hydrogen-bond acceptors (Lipinski definition) is 3. The molecule has 1 aliphatic rings. The van der Waals surface area contributed by atoms with Crippen molar-refractivity contribution in [3.8, 4) is 0 Å². The standard InChI is InChI=1S/C20H19F2N5O/c21-15-8-4-9-16(22)18(15)20(10-5-11-20)24-19(28)23-17-13-27(26-25-17)12-14-6-2-1-3-7-14/h1-4,6-9,13H,5,10-12H2,(H2,23,24,28). The third-order valence-corrected chi connectivity index (χ3v) is 4.97. The lowest BCUT2D eigenvalue weighted by Crippen LogP contribution is -2.53. The lowest BCUT2D eigenvalue weighted by Gasteiger charge is -2.43. The Kier molecular flexibility index (Phi) is 4.77. The molecule has 0 atom stereocenters. The van der Waals surface area contributed by atoms with Crippen molar-refractivity contribution in [2.24, 2.45) is 0 Å². The number of amides is 2. The fraction of sp³-hybridized carbons (Fsp3) is 0.250. The van der Waals surface area contributed by atoms with E-state index in [4.69, 9.17) is 0 Å². The van der Waals surface area contributed by atoms with Crippen LogP contribution in [0.25, 0.3) is 0 Å². The molecule has 0 spiro atoms. The quantitative estimate of drug-likeness (QED) is 0.704. The van der Waals surface area contributed by atoms with Gasteiger partial charge in [0, 0.05) is 5.56 Å². The number of aromatic nitrogens is 3. The van der Waals surface area contributed by atoms with Gasteiger partial charge in [0.1, 0.15) is 11.6 Å². The van der Waals surface area contributed by atoms with Crippen LogP contribution in [-0.4, -0.2) is 21.0 Å². The van der Waals surface area contributed by atoms with Gasteiger partial charge in [0.25, 0.3) is 0 Å². The highest BCUT2D eigenvalue weighted by molar-refractivity contribution is 5.88. The van der Waals surface area contributed by atoms with E-state index in [1.165, 1.54) is 18.2 Å². The molecule has 28 heavy (non-hydrogen) atoms. The zero-order chi connectivity index (χ0) is 19.6. The molecule has 1 aliphatic carbocycles. The van der Waals surface area contributed by atoms with Gasteiger partial charge in [-0.15, -0.1) is 5.10 Å². The second-order valence-electron chi connectivity index (χ2n) is 6.90. The maximum Gasteiger partial charge on any atom is 0.321 e. The Balaban J connectivity index is 1.44. The molecular weight excluding hydrogens is 364 g/mol. The molecule has 2 aromatic carbocycles. The Labute approximate surface area is 160 Å². The molecule has 1 aromatic heterocycles. The number of nitrogens with zero attached hydrogens (tertiary/aromatic N) is 3. The van der Waals surface area contributed by atoms with Crippen LogP contribution in [0.4, 0.5) is 19.4 Å². The number of carbonyl (C=O) groups excluding carboxylic acids is 1. The molecule has 1 saturated carbocycles. The van der Waals surface area contributed by atoms with Crippen LogP contribution in [0.15, 0.2) is 54.7 Å². The SMILES string of the molecule is O=C(Nc1cn(Cc2ccccc2)nn1)NC1(c2c(F)cccc2F)CCC1. The normalized spacial score (nSPS) is 14.9. The van der Waals surface area contributed by atoms with Crippen LogP contribution in [0.5, 0.6) is 0 Å². The average Bonchev–Trinajstić information content (AvgIpc) is 3.06. The molecule has 4 rings (SSSR count). The van der Waals surface area contributed by atoms with Gasteiger partial charge in [0.15, 0.2) is 5.82 Å². The van der Waals surface area contributed by atoms with E-state index in [-0.39, 0.29) is 11.4 Å². The van der Waals surface area contributed by atoms with Gasteiger partial charge in [-0.25, -0.2) is 18.3 Å². The van der Waals surface area contributed by atoms with Gasteiger partial charge in [-0.05, 0) is 37.0 Å². The van der Waals surface area contributed by atoms with Crippen LogP contribution in [-0.2, 0) is 12.1 Å². The van der Waals surface area contributed by atoms with Crippen molar-refractivity contribution in [2.45, 2.75) is 31.3 Å². The first kappa shape index (κ1) is 18.1. The summed E-state index contributed by atoms with van der Waals surface area (Å²) in [5, 5.41) is 13.2. The minimum Gasteiger partial charge on any atom is -0.328 e. The third-order valence-electron chi connectivity index (χ3n) is 4.97. The lowest BCUT2D eigenvalue weighted by molar-refractivity contribution is 0.175. The monoisotopic (exact) mass is 383 g/mol. The Morgan fingerprint density at radius 2 is 1.79 bits per heavy atom. The minimum atomic E-state index is -1.04. The first-order chi connectivity index (χ1) is 13.6. The zero-order valence-electron chi connectivity index (χ0n) is 15.0. The van der Waals surface area contributed by atoms with Crippen LogP contribution < -0.4 is 10.6 Å². The topological polar surface area (TPSA) is 71.8 Å². The van der Waals surface area contributed by atoms with Crippen molar-refractivity contribution < 1.29 is 13.6 Å². The number of nitrogens with one attached hydrogen (secondary N) is 2. The van der Waals surface area contributed by atoms with Crippen LogP contribution in [0, 0.1) is 11.6 Å². The summed E-state index contributed by atoms with van der Waals surface area (Å²) in [4.78, 5) is 12.4. The van der Waals surface area contributed by atoms with E-state index >= 15 is 0 Å². The fourth-order valence-electron chi connectivity index (χ4n) is 3.49. The van der Waals surface area contributed by atoms with Crippen LogP contribution in [0.2, 0.25) is 0 Å². The molecule has 3 aromatic rings. The lowest BCUT2D eigenvalue weighted by atomic mass is 9.71. The summed E-state index contributed by atoms with van der Waals surface area (Å²) in [6, 6.07) is 12.9. The molecule has 2 amide bonds. The first-order valence-corrected chi connectivity index (χ1v) is 9.03. The van der Waals surface area contributed by atoms with E-state index in [1.807, 2.05) is 30.3 Å². The molecule has 6 nitrogen and oxygen atoms in total. The number of carbonyl (C=O) groups is 1. The van der Waals surface area contributed by atoms with E-state index in [1.54, 1.807) is 10.9 Å². The van der Waals surface area contributed by atoms with E-state index < -0.39 is 23.2 Å². The predicted molar refractivity (Wildman–Crippen MR) is 99.6 cm³/mol. The number of rotatable bonds is 5. The molecule has 0 bridgehead atoms. The highest BCUT2D eigenvalue weighted by atomic mass is 19.1. The summed E-state index contributed by atoms with van der Waals surface area (Å²) in [6.07, 6.45) is 3.32. The second kappa shape index (κ2) is 7.38. The maximum absolute atomic E-state index is 14.2. The molecule has 1 heterocycles. The van der Waals surface area contributed by atoms with Gasteiger partial charge in [0.05, 0.1) is 18.3 Å². The number of benzene rings is 2. The highest BCUT2D eigenvalue weighted by Gasteiger charge is 2.44. The molecule has 0 unspecified atom stereocenters. The third kappa shape index (κ3) is 3.58. The molecule has 0 aliphatic heterocycles. The van der Waals surface area contributed by atoms with Gasteiger partial charge in [-0.1, -0.05) is 41.6 Å². The number of halogens is 2. The van der Waals surface area contributed by atoms with Crippen LogP contribution in [0.3, 0.4) is 0 Å². The van der Waals surface area contributed by atoms with Gasteiger partial charge in [-0.3, -0.25) is 5.32 Å².